The number of hydrogen-bond acceptors (Lipinski definition) is 2. The average Bonchev–Trinajstić information content (AvgIpc) is 2.81. The summed E-state index contributed by atoms with van der Waals surface area (Å²) in [5.41, 5.74) is 5.69. The maximum Gasteiger partial charge on any atom is 0.294 e. The van der Waals surface area contributed by atoms with Crippen molar-refractivity contribution in [3.8, 4) is 22.9 Å². The minimum atomic E-state index is -1.95. The zero-order valence-electron chi connectivity index (χ0n) is 18.8. The van der Waals surface area contributed by atoms with E-state index in [-0.39, 0.29) is 0 Å². The standard InChI is InChI=1S/C28H25N2OSi/c1-18-16-17-19-10-8-14-22-25(19)24(18)27-28(31-22)29-26-21(30(27)2)13-9-15-23(26)32(3,4)20-11-6-5-7-12-20/h5-17H,1-4H3/q+1. The Morgan fingerprint density at radius 1 is 0.844 bits per heavy atom. The fourth-order valence-corrected chi connectivity index (χ4v) is 7.77. The Bertz CT molecular complexity index is 1540. The highest BCUT2D eigenvalue weighted by atomic mass is 28.3. The molecule has 0 spiro atoms. The van der Waals surface area contributed by atoms with Gasteiger partial charge in [-0.25, -0.2) is 4.98 Å². The zero-order chi connectivity index (χ0) is 22.0. The fourth-order valence-electron chi connectivity index (χ4n) is 5.14. The molecular formula is C28H25N2OSi+. The first-order valence-electron chi connectivity index (χ1n) is 11.1. The highest BCUT2D eigenvalue weighted by Gasteiger charge is 2.35. The Labute approximate surface area is 189 Å². The normalized spacial score (nSPS) is 12.6. The molecule has 0 fully saturated rings. The zero-order valence-corrected chi connectivity index (χ0v) is 19.8. The minimum Gasteiger partial charge on any atom is -0.433 e. The van der Waals surface area contributed by atoms with Gasteiger partial charge in [-0.3, -0.25) is 0 Å². The van der Waals surface area contributed by atoms with Crippen LogP contribution >= 0.6 is 0 Å². The van der Waals surface area contributed by atoms with Gasteiger partial charge in [-0.1, -0.05) is 85.0 Å². The second kappa shape index (κ2) is 6.75. The van der Waals surface area contributed by atoms with Crippen molar-refractivity contribution in [2.45, 2.75) is 20.0 Å². The van der Waals surface area contributed by atoms with Crippen molar-refractivity contribution in [3.63, 3.8) is 0 Å². The van der Waals surface area contributed by atoms with E-state index in [2.05, 4.69) is 110 Å². The van der Waals surface area contributed by atoms with E-state index in [4.69, 9.17) is 9.72 Å². The summed E-state index contributed by atoms with van der Waals surface area (Å²) in [6.45, 7) is 6.98. The fraction of sp³-hybridized carbons (Fsp3) is 0.143. The van der Waals surface area contributed by atoms with Crippen LogP contribution < -0.4 is 19.7 Å². The van der Waals surface area contributed by atoms with Crippen LogP contribution in [-0.2, 0) is 7.05 Å². The van der Waals surface area contributed by atoms with Gasteiger partial charge in [0.15, 0.2) is 0 Å². The Morgan fingerprint density at radius 2 is 1.62 bits per heavy atom. The molecule has 4 aromatic carbocycles. The van der Waals surface area contributed by atoms with Crippen molar-refractivity contribution in [1.29, 1.82) is 0 Å². The lowest BCUT2D eigenvalue weighted by Gasteiger charge is -2.25. The van der Waals surface area contributed by atoms with E-state index in [1.807, 2.05) is 0 Å². The summed E-state index contributed by atoms with van der Waals surface area (Å²) < 4.78 is 8.72. The van der Waals surface area contributed by atoms with Gasteiger partial charge in [0.05, 0.1) is 5.56 Å². The number of aryl methyl sites for hydroxylation is 2. The molecule has 1 aliphatic heterocycles. The number of fused-ring (bicyclic) bond motifs is 3. The van der Waals surface area contributed by atoms with Gasteiger partial charge in [-0.2, -0.15) is 4.57 Å². The highest BCUT2D eigenvalue weighted by molar-refractivity contribution is 7.01. The van der Waals surface area contributed by atoms with E-state index < -0.39 is 8.07 Å². The summed E-state index contributed by atoms with van der Waals surface area (Å²) in [4.78, 5) is 5.19. The molecule has 0 atom stereocenters. The Hall–Kier alpha value is -3.50. The molecular weight excluding hydrogens is 408 g/mol. The summed E-state index contributed by atoms with van der Waals surface area (Å²) >= 11 is 0. The Kier molecular flexibility index (Phi) is 4.05. The SMILES string of the molecule is Cc1ccc2cccc3c2c1-c1c(nc2c([Si](C)(C)c4ccccc4)cccc2[n+]1C)O3. The van der Waals surface area contributed by atoms with E-state index in [0.29, 0.717) is 5.88 Å². The number of nitrogens with zero attached hydrogens (tertiary/aromatic N) is 2. The van der Waals surface area contributed by atoms with Gasteiger partial charge in [0.2, 0.25) is 5.52 Å². The predicted molar refractivity (Wildman–Crippen MR) is 134 cm³/mol. The van der Waals surface area contributed by atoms with Gasteiger partial charge >= 0.3 is 0 Å². The molecule has 0 aliphatic carbocycles. The number of aromatic nitrogens is 2. The highest BCUT2D eigenvalue weighted by Crippen LogP contribution is 2.45. The lowest BCUT2D eigenvalue weighted by atomic mass is 9.94. The summed E-state index contributed by atoms with van der Waals surface area (Å²) in [5.74, 6) is 1.58. The van der Waals surface area contributed by atoms with Gasteiger partial charge in [0, 0.05) is 11.5 Å². The van der Waals surface area contributed by atoms with Crippen molar-refractivity contribution >= 4 is 40.3 Å². The molecule has 0 bridgehead atoms. The third-order valence-electron chi connectivity index (χ3n) is 6.96. The van der Waals surface area contributed by atoms with Crippen LogP contribution in [0.1, 0.15) is 5.56 Å². The molecule has 156 valence electrons. The summed E-state index contributed by atoms with van der Waals surface area (Å²) in [7, 11) is 0.187. The first-order chi connectivity index (χ1) is 15.5. The topological polar surface area (TPSA) is 26.0 Å². The Morgan fingerprint density at radius 3 is 2.44 bits per heavy atom. The third kappa shape index (κ3) is 2.59. The van der Waals surface area contributed by atoms with Gasteiger partial charge in [-0.15, -0.1) is 0 Å². The molecule has 2 heterocycles. The maximum absolute atomic E-state index is 6.45. The van der Waals surface area contributed by atoms with Crippen LogP contribution in [-0.4, -0.2) is 13.1 Å². The maximum atomic E-state index is 6.45. The second-order valence-electron chi connectivity index (χ2n) is 9.20. The molecule has 4 heteroatoms. The van der Waals surface area contributed by atoms with Gasteiger partial charge < -0.3 is 4.74 Å². The number of ether oxygens (including phenoxy) is 1. The second-order valence-corrected chi connectivity index (χ2v) is 13.6. The lowest BCUT2D eigenvalue weighted by molar-refractivity contribution is -0.634. The molecule has 1 aliphatic rings. The lowest BCUT2D eigenvalue weighted by Crippen LogP contribution is -2.53. The van der Waals surface area contributed by atoms with Crippen LogP contribution in [0, 0.1) is 6.92 Å². The molecule has 0 N–H and O–H groups in total. The van der Waals surface area contributed by atoms with E-state index in [1.54, 1.807) is 0 Å². The van der Waals surface area contributed by atoms with Crippen molar-refractivity contribution in [3.05, 3.63) is 84.4 Å². The van der Waals surface area contributed by atoms with Crippen LogP contribution in [0.25, 0.3) is 33.1 Å². The summed E-state index contributed by atoms with van der Waals surface area (Å²) in [6, 6.07) is 28.1. The van der Waals surface area contributed by atoms with Crippen molar-refractivity contribution in [2.24, 2.45) is 7.05 Å². The van der Waals surface area contributed by atoms with Gasteiger partial charge in [0.1, 0.15) is 26.4 Å². The van der Waals surface area contributed by atoms with Gasteiger partial charge in [0.25, 0.3) is 11.6 Å². The van der Waals surface area contributed by atoms with E-state index >= 15 is 0 Å². The number of para-hydroxylation sites is 1. The van der Waals surface area contributed by atoms with Crippen molar-refractivity contribution in [2.75, 3.05) is 0 Å². The minimum absolute atomic E-state index is 0.694. The molecule has 3 nitrogen and oxygen atoms in total. The molecule has 32 heavy (non-hydrogen) atoms. The molecule has 0 amide bonds. The monoisotopic (exact) mass is 433 g/mol. The molecule has 6 rings (SSSR count). The molecule has 0 saturated carbocycles. The quantitative estimate of drug-likeness (QED) is 0.280. The summed E-state index contributed by atoms with van der Waals surface area (Å²) in [6.07, 6.45) is 0. The molecule has 0 radical (unpaired) electrons. The number of benzene rings is 4. The summed E-state index contributed by atoms with van der Waals surface area (Å²) in [5, 5.41) is 5.10. The average molecular weight is 434 g/mol. The smallest absolute Gasteiger partial charge is 0.294 e. The van der Waals surface area contributed by atoms with Crippen LogP contribution in [0.2, 0.25) is 13.1 Å². The molecule has 1 aromatic heterocycles. The molecule has 0 saturated heterocycles. The van der Waals surface area contributed by atoms with Crippen molar-refractivity contribution in [1.82, 2.24) is 4.98 Å². The van der Waals surface area contributed by atoms with Crippen molar-refractivity contribution < 1.29 is 9.30 Å². The van der Waals surface area contributed by atoms with Crippen LogP contribution in [0.15, 0.2) is 78.9 Å². The first-order valence-corrected chi connectivity index (χ1v) is 14.1. The van der Waals surface area contributed by atoms with Crippen LogP contribution in [0.3, 0.4) is 0 Å². The molecule has 0 unspecified atom stereocenters. The third-order valence-corrected chi connectivity index (χ3v) is 10.5. The number of rotatable bonds is 2. The molecule has 5 aromatic rings. The first kappa shape index (κ1) is 19.2. The van der Waals surface area contributed by atoms with E-state index in [1.165, 1.54) is 32.3 Å². The van der Waals surface area contributed by atoms with Crippen LogP contribution in [0.5, 0.6) is 11.6 Å². The Balaban J connectivity index is 1.69. The van der Waals surface area contributed by atoms with Crippen LogP contribution in [0.4, 0.5) is 0 Å². The van der Waals surface area contributed by atoms with E-state index in [9.17, 15) is 0 Å². The van der Waals surface area contributed by atoms with Gasteiger partial charge in [-0.05, 0) is 29.1 Å². The predicted octanol–water partition coefficient (Wildman–Crippen LogP) is 5.12. The number of hydrogen-bond donors (Lipinski definition) is 0. The van der Waals surface area contributed by atoms with E-state index in [0.717, 1.165) is 22.5 Å². The largest absolute Gasteiger partial charge is 0.433 e.